The normalized spacial score (nSPS) is 15.4. The molecule has 0 unspecified atom stereocenters. The van der Waals surface area contributed by atoms with Crippen LogP contribution >= 0.6 is 11.9 Å². The molecule has 29 heavy (non-hydrogen) atoms. The van der Waals surface area contributed by atoms with Gasteiger partial charge in [-0.3, -0.25) is 4.57 Å². The largest absolute Gasteiger partial charge is 0.483 e. The number of hydrogen-bond donors (Lipinski definition) is 2. The van der Waals surface area contributed by atoms with Gasteiger partial charge in [-0.05, 0) is 74.5 Å². The molecule has 0 radical (unpaired) electrons. The second-order valence-corrected chi connectivity index (χ2v) is 7.93. The van der Waals surface area contributed by atoms with Crippen molar-refractivity contribution in [1.82, 2.24) is 20.1 Å². The minimum Gasteiger partial charge on any atom is -0.483 e. The molecular weight excluding hydrogens is 382 g/mol. The third kappa shape index (κ3) is 4.56. The lowest BCUT2D eigenvalue weighted by Gasteiger charge is -2.14. The molecule has 1 aliphatic carbocycles. The summed E-state index contributed by atoms with van der Waals surface area (Å²) in [6.45, 7) is 7.74. The molecule has 7 heteroatoms. The number of allylic oxidation sites excluding steroid dienone is 2. The standard InChI is InChI=1S/C22H23N5OS/c1-15(2)28-18-5-7-19(8-6-18)29-26-21-9-4-16(3)12-20(21)22-25-24-14-27(22)17-10-11-23-13-17/h4-5,7,9-10,12,14-15,23,26H,11,13H2,1-3H3. The first kappa shape index (κ1) is 19.4. The van der Waals surface area contributed by atoms with E-state index >= 15 is 0 Å². The molecule has 0 bridgehead atoms. The van der Waals surface area contributed by atoms with E-state index in [0.29, 0.717) is 5.76 Å². The van der Waals surface area contributed by atoms with Crippen LogP contribution in [0.4, 0.5) is 5.69 Å². The smallest absolute Gasteiger partial charge is 0.170 e. The highest BCUT2D eigenvalue weighted by Crippen LogP contribution is 2.32. The molecule has 4 rings (SSSR count). The molecule has 6 nitrogen and oxygen atoms in total. The van der Waals surface area contributed by atoms with Gasteiger partial charge in [0.1, 0.15) is 6.33 Å². The summed E-state index contributed by atoms with van der Waals surface area (Å²) in [5, 5.41) is 11.9. The highest BCUT2D eigenvalue weighted by molar-refractivity contribution is 8.04. The maximum atomic E-state index is 5.63. The maximum Gasteiger partial charge on any atom is 0.170 e. The minimum atomic E-state index is 0.119. The number of benzene rings is 1. The van der Waals surface area contributed by atoms with E-state index in [1.165, 1.54) is 17.5 Å². The summed E-state index contributed by atoms with van der Waals surface area (Å²) in [6.07, 6.45) is 7.93. The van der Waals surface area contributed by atoms with Crippen molar-refractivity contribution in [3.8, 4) is 11.4 Å². The summed E-state index contributed by atoms with van der Waals surface area (Å²) in [6, 6.07) is 6.28. The van der Waals surface area contributed by atoms with Crippen molar-refractivity contribution in [3.05, 3.63) is 70.4 Å². The summed E-state index contributed by atoms with van der Waals surface area (Å²) < 4.78 is 11.1. The Hall–Kier alpha value is -2.95. The van der Waals surface area contributed by atoms with Gasteiger partial charge in [0.2, 0.25) is 0 Å². The van der Waals surface area contributed by atoms with E-state index in [1.807, 2.05) is 30.6 Å². The van der Waals surface area contributed by atoms with Crippen LogP contribution in [0, 0.1) is 6.92 Å². The first-order chi connectivity index (χ1) is 14.1. The molecule has 0 saturated heterocycles. The van der Waals surface area contributed by atoms with Crippen molar-refractivity contribution < 1.29 is 4.74 Å². The number of ether oxygens (including phenoxy) is 1. The van der Waals surface area contributed by atoms with Crippen LogP contribution in [0.3, 0.4) is 0 Å². The fourth-order valence-corrected chi connectivity index (χ4v) is 3.69. The zero-order chi connectivity index (χ0) is 20.2. The van der Waals surface area contributed by atoms with E-state index in [-0.39, 0.29) is 6.10 Å². The molecule has 1 aromatic heterocycles. The van der Waals surface area contributed by atoms with Crippen LogP contribution in [0.2, 0.25) is 0 Å². The van der Waals surface area contributed by atoms with Gasteiger partial charge in [-0.2, -0.15) is 0 Å². The number of rotatable bonds is 7. The first-order valence-electron chi connectivity index (χ1n) is 9.55. The molecule has 0 spiro atoms. The van der Waals surface area contributed by atoms with Crippen LogP contribution in [0.15, 0.2) is 64.9 Å². The van der Waals surface area contributed by atoms with Crippen molar-refractivity contribution in [2.75, 3.05) is 17.8 Å². The fraction of sp³-hybridized carbons (Fsp3) is 0.273. The molecule has 0 saturated carbocycles. The lowest BCUT2D eigenvalue weighted by molar-refractivity contribution is 0.158. The van der Waals surface area contributed by atoms with Crippen LogP contribution < -0.4 is 10.0 Å². The van der Waals surface area contributed by atoms with E-state index in [9.17, 15) is 0 Å². The number of aromatic nitrogens is 3. The van der Waals surface area contributed by atoms with Crippen LogP contribution in [-0.4, -0.2) is 34.0 Å². The van der Waals surface area contributed by atoms with Crippen molar-refractivity contribution in [1.29, 1.82) is 0 Å². The molecule has 0 atom stereocenters. The van der Waals surface area contributed by atoms with Crippen LogP contribution in [0.25, 0.3) is 17.1 Å². The molecule has 2 heterocycles. The summed E-state index contributed by atoms with van der Waals surface area (Å²) in [5.41, 5.74) is 10.5. The molecule has 2 N–H and O–H groups in total. The number of aryl methyl sites for hydroxylation is 1. The van der Waals surface area contributed by atoms with Gasteiger partial charge in [0.05, 0.1) is 16.7 Å². The Bertz CT molecular complexity index is 1080. The average molecular weight is 406 g/mol. The van der Waals surface area contributed by atoms with Crippen molar-refractivity contribution >= 4 is 23.3 Å². The zero-order valence-electron chi connectivity index (χ0n) is 16.7. The van der Waals surface area contributed by atoms with Gasteiger partial charge < -0.3 is 14.8 Å². The van der Waals surface area contributed by atoms with Crippen molar-refractivity contribution in [2.45, 2.75) is 26.9 Å². The average Bonchev–Trinajstić information content (AvgIpc) is 3.39. The molecule has 0 amide bonds. The fourth-order valence-electron chi connectivity index (χ4n) is 3.06. The molecular formula is C22H23N5OS. The topological polar surface area (TPSA) is 64.0 Å². The summed E-state index contributed by atoms with van der Waals surface area (Å²) >= 11 is 1.48. The quantitative estimate of drug-likeness (QED) is 0.530. The molecule has 1 aliphatic heterocycles. The van der Waals surface area contributed by atoms with Gasteiger partial charge in [0, 0.05) is 24.4 Å². The minimum absolute atomic E-state index is 0.119. The van der Waals surface area contributed by atoms with Crippen LogP contribution in [0.5, 0.6) is 0 Å². The Morgan fingerprint density at radius 2 is 2.17 bits per heavy atom. The number of nitrogens with zero attached hydrogens (tertiary/aromatic N) is 3. The Labute approximate surface area is 174 Å². The highest BCUT2D eigenvalue weighted by Gasteiger charge is 2.17. The number of anilines is 1. The van der Waals surface area contributed by atoms with Gasteiger partial charge in [0.15, 0.2) is 11.6 Å². The predicted molar refractivity (Wildman–Crippen MR) is 118 cm³/mol. The first-order valence-corrected chi connectivity index (χ1v) is 10.4. The summed E-state index contributed by atoms with van der Waals surface area (Å²) in [5.74, 6) is 1.52. The van der Waals surface area contributed by atoms with Gasteiger partial charge in [0.25, 0.3) is 0 Å². The van der Waals surface area contributed by atoms with Gasteiger partial charge in [-0.15, -0.1) is 10.2 Å². The monoisotopic (exact) mass is 405 g/mol. The Morgan fingerprint density at radius 1 is 1.28 bits per heavy atom. The van der Waals surface area contributed by atoms with E-state index in [2.05, 4.69) is 62.9 Å². The van der Waals surface area contributed by atoms with Crippen LogP contribution in [0.1, 0.15) is 19.4 Å². The number of nitrogens with one attached hydrogen (secondary N) is 2. The summed E-state index contributed by atoms with van der Waals surface area (Å²) in [4.78, 5) is 0.928. The second kappa shape index (κ2) is 8.60. The van der Waals surface area contributed by atoms with E-state index in [4.69, 9.17) is 4.74 Å². The van der Waals surface area contributed by atoms with E-state index < -0.39 is 0 Å². The molecule has 0 fully saturated rings. The third-order valence-electron chi connectivity index (χ3n) is 4.39. The summed E-state index contributed by atoms with van der Waals surface area (Å²) in [7, 11) is 0. The second-order valence-electron chi connectivity index (χ2n) is 7.08. The molecule has 2 aliphatic rings. The van der Waals surface area contributed by atoms with E-state index in [1.54, 1.807) is 6.33 Å². The zero-order valence-corrected chi connectivity index (χ0v) is 17.5. The molecule has 1 aromatic carbocycles. The Kier molecular flexibility index (Phi) is 5.74. The Morgan fingerprint density at radius 3 is 2.90 bits per heavy atom. The van der Waals surface area contributed by atoms with Gasteiger partial charge in [-0.25, -0.2) is 0 Å². The lowest BCUT2D eigenvalue weighted by Crippen LogP contribution is -2.10. The third-order valence-corrected chi connectivity index (χ3v) is 5.17. The van der Waals surface area contributed by atoms with Gasteiger partial charge in [-0.1, -0.05) is 11.6 Å². The van der Waals surface area contributed by atoms with Crippen molar-refractivity contribution in [3.63, 3.8) is 0 Å². The van der Waals surface area contributed by atoms with Crippen LogP contribution in [-0.2, 0) is 4.74 Å². The Balaban J connectivity index is 1.59. The van der Waals surface area contributed by atoms with Crippen molar-refractivity contribution in [2.24, 2.45) is 0 Å². The lowest BCUT2D eigenvalue weighted by atomic mass is 10.1. The van der Waals surface area contributed by atoms with E-state index in [0.717, 1.165) is 40.8 Å². The number of hydrogen-bond acceptors (Lipinski definition) is 6. The predicted octanol–water partition coefficient (Wildman–Crippen LogP) is 4.27. The maximum absolute atomic E-state index is 5.63. The molecule has 148 valence electrons. The highest BCUT2D eigenvalue weighted by atomic mass is 32.2. The molecule has 2 aromatic rings. The van der Waals surface area contributed by atoms with Gasteiger partial charge >= 0.3 is 0 Å². The SMILES string of the molecule is Cc1ccc(NSC2=C=C=C(OC(C)C)C=C2)c(-c2nncn2C2=CCNC2)c1.